The van der Waals surface area contributed by atoms with E-state index in [2.05, 4.69) is 30.7 Å². The maximum atomic E-state index is 13.2. The molecule has 0 bridgehead atoms. The van der Waals surface area contributed by atoms with Gasteiger partial charge in [0.25, 0.3) is 5.91 Å². The van der Waals surface area contributed by atoms with Gasteiger partial charge in [-0.05, 0) is 38.1 Å². The Labute approximate surface area is 225 Å². The van der Waals surface area contributed by atoms with Crippen LogP contribution in [0.2, 0.25) is 0 Å². The number of nitrogens with zero attached hydrogens (tertiary/aromatic N) is 5. The second kappa shape index (κ2) is 12.3. The molecule has 1 fully saturated rings. The summed E-state index contributed by atoms with van der Waals surface area (Å²) in [6.45, 7) is 1.88. The Balaban J connectivity index is 0.00000336. The van der Waals surface area contributed by atoms with Crippen LogP contribution in [-0.4, -0.2) is 49.7 Å². The van der Waals surface area contributed by atoms with E-state index in [0.717, 1.165) is 25.9 Å². The number of hydrogen-bond acceptors (Lipinski definition) is 9. The lowest BCUT2D eigenvalue weighted by atomic mass is 10.1. The van der Waals surface area contributed by atoms with Crippen molar-refractivity contribution in [3.8, 4) is 11.3 Å². The summed E-state index contributed by atoms with van der Waals surface area (Å²) in [7, 11) is 0. The smallest absolute Gasteiger partial charge is 0.361 e. The van der Waals surface area contributed by atoms with Crippen LogP contribution < -0.4 is 16.4 Å². The van der Waals surface area contributed by atoms with Crippen molar-refractivity contribution >= 4 is 35.8 Å². The fourth-order valence-corrected chi connectivity index (χ4v) is 4.14. The normalized spacial score (nSPS) is 14.2. The monoisotopic (exact) mass is 534 g/mol. The Bertz CT molecular complexity index is 1380. The molecule has 196 valence electrons. The second-order valence-electron chi connectivity index (χ2n) is 8.61. The molecule has 3 aromatic heterocycles. The predicted molar refractivity (Wildman–Crippen MR) is 144 cm³/mol. The number of piperidine rings is 1. The highest BCUT2D eigenvalue weighted by Gasteiger charge is 2.28. The lowest BCUT2D eigenvalue weighted by Crippen LogP contribution is -2.29. The van der Waals surface area contributed by atoms with Gasteiger partial charge in [-0.25, -0.2) is 14.8 Å². The highest BCUT2D eigenvalue weighted by Crippen LogP contribution is 2.25. The Hall–Kier alpha value is -4.35. The van der Waals surface area contributed by atoms with Crippen LogP contribution in [0.25, 0.3) is 11.3 Å². The van der Waals surface area contributed by atoms with E-state index in [1.165, 1.54) is 12.4 Å². The van der Waals surface area contributed by atoms with Crippen LogP contribution in [0.15, 0.2) is 73.4 Å². The molecule has 1 aliphatic rings. The van der Waals surface area contributed by atoms with Gasteiger partial charge in [-0.15, -0.1) is 12.4 Å². The quantitative estimate of drug-likeness (QED) is 0.304. The summed E-state index contributed by atoms with van der Waals surface area (Å²) < 4.78 is 7.56. The highest BCUT2D eigenvalue weighted by molar-refractivity contribution is 5.99. The van der Waals surface area contributed by atoms with Crippen molar-refractivity contribution in [2.45, 2.75) is 25.0 Å². The van der Waals surface area contributed by atoms with Crippen LogP contribution >= 0.6 is 12.4 Å². The minimum absolute atomic E-state index is 0. The fourth-order valence-electron chi connectivity index (χ4n) is 4.14. The minimum Gasteiger partial charge on any atom is -0.442 e. The largest absolute Gasteiger partial charge is 0.442 e. The first-order valence-electron chi connectivity index (χ1n) is 11.9. The van der Waals surface area contributed by atoms with E-state index in [1.807, 2.05) is 10.9 Å². The predicted octanol–water partition coefficient (Wildman–Crippen LogP) is 3.20. The van der Waals surface area contributed by atoms with E-state index >= 15 is 0 Å². The molecule has 4 N–H and O–H groups in total. The molecule has 11 nitrogen and oxygen atoms in total. The lowest BCUT2D eigenvalue weighted by molar-refractivity contribution is -0.125. The number of halogens is 1. The molecule has 1 atom stereocenters. The summed E-state index contributed by atoms with van der Waals surface area (Å²) in [5.41, 5.74) is 7.90. The van der Waals surface area contributed by atoms with Gasteiger partial charge in [-0.3, -0.25) is 14.5 Å². The molecule has 0 saturated carbocycles. The topological polar surface area (TPSA) is 150 Å². The molecule has 4 heterocycles. The van der Waals surface area contributed by atoms with Gasteiger partial charge in [0.1, 0.15) is 0 Å². The zero-order valence-electron chi connectivity index (χ0n) is 20.4. The third-order valence-corrected chi connectivity index (χ3v) is 6.07. The standard InChI is InChI=1S/C26H26N8O3.ClH/c27-24-22(33-21(15-30-24)18-13-31-34(16-18)20-8-11-28-12-9-20)26(36)37-23(17-5-2-1-3-6-17)25(35)32-19-7-4-10-29-14-19;/h1-7,10,13-16,20,23,28H,8-9,11-12H2,(H2,27,30)(H,32,35);1H/t23-;/m1./s1. The van der Waals surface area contributed by atoms with Crippen molar-refractivity contribution in [2.24, 2.45) is 0 Å². The molecule has 12 heteroatoms. The number of rotatable bonds is 7. The highest BCUT2D eigenvalue weighted by atomic mass is 35.5. The summed E-state index contributed by atoms with van der Waals surface area (Å²) in [6.07, 6.45) is 8.86. The van der Waals surface area contributed by atoms with E-state index in [1.54, 1.807) is 54.9 Å². The Morgan fingerprint density at radius 2 is 1.87 bits per heavy atom. The van der Waals surface area contributed by atoms with Crippen molar-refractivity contribution in [1.29, 1.82) is 0 Å². The van der Waals surface area contributed by atoms with E-state index in [0.29, 0.717) is 28.6 Å². The van der Waals surface area contributed by atoms with E-state index < -0.39 is 18.0 Å². The van der Waals surface area contributed by atoms with Crippen molar-refractivity contribution in [1.82, 2.24) is 30.0 Å². The molecule has 1 saturated heterocycles. The van der Waals surface area contributed by atoms with E-state index in [-0.39, 0.29) is 23.9 Å². The van der Waals surface area contributed by atoms with Gasteiger partial charge in [-0.2, -0.15) is 5.10 Å². The van der Waals surface area contributed by atoms with Crippen molar-refractivity contribution in [3.63, 3.8) is 0 Å². The van der Waals surface area contributed by atoms with Crippen LogP contribution in [0.3, 0.4) is 0 Å². The lowest BCUT2D eigenvalue weighted by Gasteiger charge is -2.22. The van der Waals surface area contributed by atoms with Crippen LogP contribution in [0.4, 0.5) is 11.5 Å². The van der Waals surface area contributed by atoms with Crippen LogP contribution in [0, 0.1) is 0 Å². The zero-order chi connectivity index (χ0) is 25.6. The van der Waals surface area contributed by atoms with Crippen LogP contribution in [-0.2, 0) is 9.53 Å². The van der Waals surface area contributed by atoms with Gasteiger partial charge in [0.2, 0.25) is 6.10 Å². The number of hydrogen-bond donors (Lipinski definition) is 3. The number of nitrogen functional groups attached to an aromatic ring is 1. The summed E-state index contributed by atoms with van der Waals surface area (Å²) >= 11 is 0. The summed E-state index contributed by atoms with van der Waals surface area (Å²) in [4.78, 5) is 38.9. The number of anilines is 2. The molecule has 0 aliphatic carbocycles. The molecule has 38 heavy (non-hydrogen) atoms. The van der Waals surface area contributed by atoms with Crippen molar-refractivity contribution in [3.05, 3.63) is 84.7 Å². The molecular formula is C26H27ClN8O3. The molecular weight excluding hydrogens is 508 g/mol. The number of amides is 1. The maximum Gasteiger partial charge on any atom is 0.361 e. The molecule has 0 spiro atoms. The van der Waals surface area contributed by atoms with Crippen LogP contribution in [0.5, 0.6) is 0 Å². The molecule has 5 rings (SSSR count). The van der Waals surface area contributed by atoms with Gasteiger partial charge in [-0.1, -0.05) is 30.3 Å². The van der Waals surface area contributed by atoms with Gasteiger partial charge < -0.3 is 21.1 Å². The van der Waals surface area contributed by atoms with Crippen molar-refractivity contribution in [2.75, 3.05) is 24.1 Å². The van der Waals surface area contributed by atoms with Gasteiger partial charge >= 0.3 is 5.97 Å². The number of esters is 1. The number of benzene rings is 1. The number of nitrogens with two attached hydrogens (primary N) is 1. The maximum absolute atomic E-state index is 13.2. The fraction of sp³-hybridized carbons (Fsp3) is 0.231. The minimum atomic E-state index is -1.25. The average molecular weight is 535 g/mol. The molecule has 1 aromatic carbocycles. The Morgan fingerprint density at radius 1 is 1.08 bits per heavy atom. The van der Waals surface area contributed by atoms with E-state index in [4.69, 9.17) is 10.5 Å². The summed E-state index contributed by atoms with van der Waals surface area (Å²) in [6, 6.07) is 12.4. The molecule has 1 aliphatic heterocycles. The number of nitrogens with one attached hydrogen (secondary N) is 2. The summed E-state index contributed by atoms with van der Waals surface area (Å²) in [5.74, 6) is -1.51. The average Bonchev–Trinajstić information content (AvgIpc) is 3.44. The summed E-state index contributed by atoms with van der Waals surface area (Å²) in [5, 5.41) is 10.5. The second-order valence-corrected chi connectivity index (χ2v) is 8.61. The first-order valence-corrected chi connectivity index (χ1v) is 11.9. The molecule has 1 amide bonds. The Kier molecular flexibility index (Phi) is 8.62. The molecule has 4 aromatic rings. The van der Waals surface area contributed by atoms with Crippen LogP contribution in [0.1, 0.15) is 41.0 Å². The SMILES string of the molecule is Cl.Nc1ncc(-c2cnn(C3CCNCC3)c2)nc1C(=O)O[C@@H](C(=O)Nc1cccnc1)c1ccccc1. The van der Waals surface area contributed by atoms with E-state index in [9.17, 15) is 9.59 Å². The van der Waals surface area contributed by atoms with Gasteiger partial charge in [0, 0.05) is 23.5 Å². The number of carbonyl (C=O) groups is 2. The number of ether oxygens (including phenoxy) is 1. The number of pyridine rings is 1. The number of aromatic nitrogens is 5. The third kappa shape index (κ3) is 6.13. The van der Waals surface area contributed by atoms with Crippen molar-refractivity contribution < 1.29 is 14.3 Å². The third-order valence-electron chi connectivity index (χ3n) is 6.07. The number of carbonyl (C=O) groups excluding carboxylic acids is 2. The Morgan fingerprint density at radius 3 is 2.61 bits per heavy atom. The first kappa shape index (κ1) is 26.7. The zero-order valence-corrected chi connectivity index (χ0v) is 21.2. The molecule has 0 unspecified atom stereocenters. The molecule has 0 radical (unpaired) electrons. The van der Waals surface area contributed by atoms with Gasteiger partial charge in [0.15, 0.2) is 11.5 Å². The first-order chi connectivity index (χ1) is 18.1. The van der Waals surface area contributed by atoms with Gasteiger partial charge in [0.05, 0.1) is 36.0 Å².